The van der Waals surface area contributed by atoms with Crippen LogP contribution >= 0.6 is 11.8 Å². The Hall–Kier alpha value is -1.62. The molecule has 2 rings (SSSR count). The smallest absolute Gasteiger partial charge is 0.124 e. The van der Waals surface area contributed by atoms with Gasteiger partial charge < -0.3 is 5.73 Å². The first-order chi connectivity index (χ1) is 6.84. The fourth-order valence-corrected chi connectivity index (χ4v) is 1.67. The van der Waals surface area contributed by atoms with Crippen LogP contribution in [-0.2, 0) is 0 Å². The second kappa shape index (κ2) is 4.06. The van der Waals surface area contributed by atoms with Gasteiger partial charge in [-0.15, -0.1) is 0 Å². The summed E-state index contributed by atoms with van der Waals surface area (Å²) in [6.07, 6.45) is 4.97. The second-order valence-electron chi connectivity index (χ2n) is 2.55. The summed E-state index contributed by atoms with van der Waals surface area (Å²) in [6.45, 7) is 0. The molecule has 2 N–H and O–H groups in total. The van der Waals surface area contributed by atoms with E-state index in [-0.39, 0.29) is 0 Å². The molecule has 14 heavy (non-hydrogen) atoms. The van der Waals surface area contributed by atoms with Crippen molar-refractivity contribution >= 4 is 17.6 Å². The SMILES string of the molecule is Nc1cccc(Sc2cnccn2)n1. The van der Waals surface area contributed by atoms with E-state index in [1.807, 2.05) is 12.1 Å². The molecule has 0 fully saturated rings. The largest absolute Gasteiger partial charge is 0.384 e. The molecule has 0 amide bonds. The van der Waals surface area contributed by atoms with Crippen molar-refractivity contribution in [2.75, 3.05) is 5.73 Å². The topological polar surface area (TPSA) is 64.7 Å². The molecule has 0 bridgehead atoms. The maximum absolute atomic E-state index is 5.55. The standard InChI is InChI=1S/C9H8N4S/c10-7-2-1-3-8(13-7)14-9-6-11-4-5-12-9/h1-6H,(H2,10,13). The number of rotatable bonds is 2. The Morgan fingerprint density at radius 2 is 2.07 bits per heavy atom. The van der Waals surface area contributed by atoms with Crippen molar-refractivity contribution in [3.05, 3.63) is 36.8 Å². The van der Waals surface area contributed by atoms with Gasteiger partial charge in [0, 0.05) is 12.4 Å². The zero-order valence-electron chi connectivity index (χ0n) is 7.29. The molecule has 0 unspecified atom stereocenters. The van der Waals surface area contributed by atoms with Gasteiger partial charge in [-0.2, -0.15) is 0 Å². The van der Waals surface area contributed by atoms with E-state index < -0.39 is 0 Å². The Bertz CT molecular complexity index is 418. The zero-order valence-corrected chi connectivity index (χ0v) is 8.11. The molecule has 0 spiro atoms. The first kappa shape index (κ1) is 8.96. The lowest BCUT2D eigenvalue weighted by atomic mass is 10.5. The molecule has 70 valence electrons. The van der Waals surface area contributed by atoms with Crippen LogP contribution in [0.3, 0.4) is 0 Å². The number of nitrogen functional groups attached to an aromatic ring is 1. The van der Waals surface area contributed by atoms with Gasteiger partial charge in [0.1, 0.15) is 15.9 Å². The monoisotopic (exact) mass is 204 g/mol. The Labute approximate surface area is 85.6 Å². The summed E-state index contributed by atoms with van der Waals surface area (Å²) in [5, 5.41) is 1.64. The van der Waals surface area contributed by atoms with Crippen molar-refractivity contribution in [3.8, 4) is 0 Å². The van der Waals surface area contributed by atoms with Crippen LogP contribution in [0.4, 0.5) is 5.82 Å². The lowest BCUT2D eigenvalue weighted by molar-refractivity contribution is 1.04. The van der Waals surface area contributed by atoms with Crippen molar-refractivity contribution in [2.45, 2.75) is 10.1 Å². The predicted octanol–water partition coefficient (Wildman–Crippen LogP) is 1.60. The van der Waals surface area contributed by atoms with Crippen LogP contribution < -0.4 is 5.73 Å². The predicted molar refractivity (Wildman–Crippen MR) is 54.8 cm³/mol. The van der Waals surface area contributed by atoms with Gasteiger partial charge in [0.25, 0.3) is 0 Å². The highest BCUT2D eigenvalue weighted by atomic mass is 32.2. The maximum Gasteiger partial charge on any atom is 0.124 e. The van der Waals surface area contributed by atoms with Gasteiger partial charge in [0.2, 0.25) is 0 Å². The highest BCUT2D eigenvalue weighted by Crippen LogP contribution is 2.23. The van der Waals surface area contributed by atoms with Crippen LogP contribution in [0.2, 0.25) is 0 Å². The molecular formula is C9H8N4S. The molecule has 0 saturated carbocycles. The van der Waals surface area contributed by atoms with Gasteiger partial charge in [-0.25, -0.2) is 9.97 Å². The minimum atomic E-state index is 0.513. The number of nitrogens with zero attached hydrogens (tertiary/aromatic N) is 3. The Kier molecular flexibility index (Phi) is 2.60. The number of hydrogen-bond acceptors (Lipinski definition) is 5. The number of aromatic nitrogens is 3. The summed E-state index contributed by atoms with van der Waals surface area (Å²) in [7, 11) is 0. The average Bonchev–Trinajstić information content (AvgIpc) is 2.19. The summed E-state index contributed by atoms with van der Waals surface area (Å²) in [5.74, 6) is 0.513. The van der Waals surface area contributed by atoms with Crippen molar-refractivity contribution < 1.29 is 0 Å². The number of anilines is 1. The number of hydrogen-bond donors (Lipinski definition) is 1. The van der Waals surface area contributed by atoms with Crippen molar-refractivity contribution in [3.63, 3.8) is 0 Å². The van der Waals surface area contributed by atoms with Gasteiger partial charge in [-0.3, -0.25) is 4.98 Å². The molecule has 0 atom stereocenters. The van der Waals surface area contributed by atoms with Crippen molar-refractivity contribution in [1.82, 2.24) is 15.0 Å². The van der Waals surface area contributed by atoms with Crippen molar-refractivity contribution in [1.29, 1.82) is 0 Å². The van der Waals surface area contributed by atoms with Crippen LogP contribution in [0.5, 0.6) is 0 Å². The molecule has 0 aliphatic carbocycles. The Balaban J connectivity index is 2.19. The minimum absolute atomic E-state index is 0.513. The molecule has 2 aromatic heterocycles. The Morgan fingerprint density at radius 3 is 2.79 bits per heavy atom. The third-order valence-electron chi connectivity index (χ3n) is 1.49. The third-order valence-corrected chi connectivity index (χ3v) is 2.35. The van der Waals surface area contributed by atoms with E-state index in [9.17, 15) is 0 Å². The molecule has 2 aromatic rings. The fourth-order valence-electron chi connectivity index (χ4n) is 0.933. The molecule has 0 radical (unpaired) electrons. The lowest BCUT2D eigenvalue weighted by Crippen LogP contribution is -1.90. The van der Waals surface area contributed by atoms with E-state index in [2.05, 4.69) is 15.0 Å². The van der Waals surface area contributed by atoms with Crippen molar-refractivity contribution in [2.24, 2.45) is 0 Å². The van der Waals surface area contributed by atoms with Gasteiger partial charge in [0.15, 0.2) is 0 Å². The van der Waals surface area contributed by atoms with Gasteiger partial charge in [-0.05, 0) is 23.9 Å². The van der Waals surface area contributed by atoms with Crippen LogP contribution in [0.25, 0.3) is 0 Å². The van der Waals surface area contributed by atoms with E-state index in [1.54, 1.807) is 24.7 Å². The molecular weight excluding hydrogens is 196 g/mol. The summed E-state index contributed by atoms with van der Waals surface area (Å²) in [6, 6.07) is 5.50. The normalized spacial score (nSPS) is 10.0. The second-order valence-corrected chi connectivity index (χ2v) is 3.59. The summed E-state index contributed by atoms with van der Waals surface area (Å²) in [5.41, 5.74) is 5.55. The molecule has 5 heteroatoms. The van der Waals surface area contributed by atoms with Crippen LogP contribution in [0.15, 0.2) is 46.8 Å². The molecule has 4 nitrogen and oxygen atoms in total. The Morgan fingerprint density at radius 1 is 1.14 bits per heavy atom. The van der Waals surface area contributed by atoms with Gasteiger partial charge in [-0.1, -0.05) is 6.07 Å². The maximum atomic E-state index is 5.55. The van der Waals surface area contributed by atoms with Gasteiger partial charge >= 0.3 is 0 Å². The quantitative estimate of drug-likeness (QED) is 0.805. The van der Waals surface area contributed by atoms with Crippen LogP contribution in [0.1, 0.15) is 0 Å². The zero-order chi connectivity index (χ0) is 9.80. The first-order valence-electron chi connectivity index (χ1n) is 4.01. The van der Waals surface area contributed by atoms with E-state index in [0.717, 1.165) is 10.1 Å². The molecule has 0 aromatic carbocycles. The first-order valence-corrected chi connectivity index (χ1v) is 4.82. The fraction of sp³-hybridized carbons (Fsp3) is 0. The van der Waals surface area contributed by atoms with E-state index in [4.69, 9.17) is 5.73 Å². The highest BCUT2D eigenvalue weighted by Gasteiger charge is 1.99. The molecule has 2 heterocycles. The minimum Gasteiger partial charge on any atom is -0.384 e. The summed E-state index contributed by atoms with van der Waals surface area (Å²) in [4.78, 5) is 12.2. The van der Waals surface area contributed by atoms with E-state index >= 15 is 0 Å². The molecule has 0 aliphatic rings. The number of nitrogens with two attached hydrogens (primary N) is 1. The van der Waals surface area contributed by atoms with E-state index in [1.165, 1.54) is 11.8 Å². The van der Waals surface area contributed by atoms with Gasteiger partial charge in [0.05, 0.1) is 6.20 Å². The summed E-state index contributed by atoms with van der Waals surface area (Å²) >= 11 is 1.44. The molecule has 0 saturated heterocycles. The van der Waals surface area contributed by atoms with E-state index in [0.29, 0.717) is 5.82 Å². The average molecular weight is 204 g/mol. The highest BCUT2D eigenvalue weighted by molar-refractivity contribution is 7.99. The summed E-state index contributed by atoms with van der Waals surface area (Å²) < 4.78 is 0. The lowest BCUT2D eigenvalue weighted by Gasteiger charge is -1.99. The third kappa shape index (κ3) is 2.20. The van der Waals surface area contributed by atoms with Crippen LogP contribution in [-0.4, -0.2) is 15.0 Å². The van der Waals surface area contributed by atoms with Crippen LogP contribution in [0, 0.1) is 0 Å². The molecule has 0 aliphatic heterocycles. The number of pyridine rings is 1.